The van der Waals surface area contributed by atoms with E-state index < -0.39 is 0 Å². The molecule has 0 aliphatic heterocycles. The maximum absolute atomic E-state index is 13.3. The van der Waals surface area contributed by atoms with Crippen LogP contribution in [-0.4, -0.2) is 23.3 Å². The number of unbranched alkanes of at least 4 members (excludes halogenated alkanes) is 3. The molecule has 170 valence electrons. The molecule has 5 heteroatoms. The Balaban J connectivity index is 1.42. The molecule has 0 N–H and O–H groups in total. The number of para-hydroxylation sites is 2. The van der Waals surface area contributed by atoms with Crippen molar-refractivity contribution in [2.24, 2.45) is 0 Å². The average Bonchev–Trinajstić information content (AvgIpc) is 2.85. The summed E-state index contributed by atoms with van der Waals surface area (Å²) in [6, 6.07) is 23.3. The normalized spacial score (nSPS) is 11.0. The molecule has 0 saturated heterocycles. The summed E-state index contributed by atoms with van der Waals surface area (Å²) in [5.41, 5.74) is 2.80. The van der Waals surface area contributed by atoms with E-state index in [0.29, 0.717) is 24.4 Å². The van der Waals surface area contributed by atoms with Crippen molar-refractivity contribution in [3.8, 4) is 22.9 Å². The SMILES string of the molecule is COc1ccc(-c2nc3ccccc3c(=O)n2CCCCCCOc2ccccc2C)cc1. The Kier molecular flexibility index (Phi) is 7.40. The molecule has 5 nitrogen and oxygen atoms in total. The third kappa shape index (κ3) is 5.43. The number of methoxy groups -OCH3 is 1. The van der Waals surface area contributed by atoms with Crippen LogP contribution in [0.15, 0.2) is 77.6 Å². The quantitative estimate of drug-likeness (QED) is 0.282. The van der Waals surface area contributed by atoms with Crippen LogP contribution in [0.4, 0.5) is 0 Å². The fourth-order valence-electron chi connectivity index (χ4n) is 3.96. The highest BCUT2D eigenvalue weighted by atomic mass is 16.5. The van der Waals surface area contributed by atoms with Crippen LogP contribution in [0.1, 0.15) is 31.2 Å². The largest absolute Gasteiger partial charge is 0.497 e. The van der Waals surface area contributed by atoms with Crippen LogP contribution >= 0.6 is 0 Å². The molecule has 0 aliphatic carbocycles. The molecule has 33 heavy (non-hydrogen) atoms. The van der Waals surface area contributed by atoms with Gasteiger partial charge in [-0.2, -0.15) is 0 Å². The summed E-state index contributed by atoms with van der Waals surface area (Å²) in [6.07, 6.45) is 3.98. The molecule has 4 rings (SSSR count). The molecule has 3 aromatic carbocycles. The van der Waals surface area contributed by atoms with Crippen LogP contribution in [0.2, 0.25) is 0 Å². The van der Waals surface area contributed by atoms with Gasteiger partial charge in [-0.25, -0.2) is 4.98 Å². The molecule has 0 saturated carbocycles. The lowest BCUT2D eigenvalue weighted by molar-refractivity contribution is 0.302. The monoisotopic (exact) mass is 442 g/mol. The van der Waals surface area contributed by atoms with Crippen LogP contribution in [0.5, 0.6) is 11.5 Å². The van der Waals surface area contributed by atoms with Crippen LogP contribution in [0, 0.1) is 6.92 Å². The van der Waals surface area contributed by atoms with Gasteiger partial charge in [-0.15, -0.1) is 0 Å². The first-order chi connectivity index (χ1) is 16.2. The van der Waals surface area contributed by atoms with E-state index >= 15 is 0 Å². The highest BCUT2D eigenvalue weighted by Gasteiger charge is 2.12. The van der Waals surface area contributed by atoms with Gasteiger partial charge in [-0.05, 0) is 67.8 Å². The van der Waals surface area contributed by atoms with E-state index in [1.165, 1.54) is 0 Å². The van der Waals surface area contributed by atoms with E-state index in [2.05, 4.69) is 13.0 Å². The number of benzene rings is 3. The predicted molar refractivity (Wildman–Crippen MR) is 133 cm³/mol. The van der Waals surface area contributed by atoms with E-state index in [0.717, 1.165) is 53.8 Å². The summed E-state index contributed by atoms with van der Waals surface area (Å²) in [5.74, 6) is 2.43. The van der Waals surface area contributed by atoms with E-state index in [9.17, 15) is 4.79 Å². The topological polar surface area (TPSA) is 53.3 Å². The minimum Gasteiger partial charge on any atom is -0.497 e. The third-order valence-corrected chi connectivity index (χ3v) is 5.84. The Morgan fingerprint density at radius 1 is 0.848 bits per heavy atom. The summed E-state index contributed by atoms with van der Waals surface area (Å²) in [7, 11) is 1.64. The molecule has 0 spiro atoms. The number of aromatic nitrogens is 2. The van der Waals surface area contributed by atoms with E-state index in [1.807, 2.05) is 71.3 Å². The molecule has 4 aromatic rings. The van der Waals surface area contributed by atoms with Crippen molar-refractivity contribution >= 4 is 10.9 Å². The molecular weight excluding hydrogens is 412 g/mol. The van der Waals surface area contributed by atoms with Gasteiger partial charge in [0.25, 0.3) is 5.56 Å². The van der Waals surface area contributed by atoms with Gasteiger partial charge >= 0.3 is 0 Å². The second kappa shape index (κ2) is 10.8. The van der Waals surface area contributed by atoms with Crippen LogP contribution in [0.3, 0.4) is 0 Å². The first kappa shape index (κ1) is 22.6. The van der Waals surface area contributed by atoms with Crippen LogP contribution in [0.25, 0.3) is 22.3 Å². The standard InChI is InChI=1S/C28H30N2O3/c1-21-11-5-8-14-26(21)33-20-10-4-3-9-19-30-27(22-15-17-23(32-2)18-16-22)29-25-13-7-6-12-24(25)28(30)31/h5-8,11-18H,3-4,9-10,19-20H2,1-2H3. The molecule has 0 radical (unpaired) electrons. The van der Waals surface area contributed by atoms with Crippen LogP contribution < -0.4 is 15.0 Å². The predicted octanol–water partition coefficient (Wildman–Crippen LogP) is 6.02. The zero-order valence-electron chi connectivity index (χ0n) is 19.3. The zero-order chi connectivity index (χ0) is 23.0. The maximum atomic E-state index is 13.3. The molecule has 0 fully saturated rings. The summed E-state index contributed by atoms with van der Waals surface area (Å²) < 4.78 is 13.0. The fourth-order valence-corrected chi connectivity index (χ4v) is 3.96. The van der Waals surface area contributed by atoms with Crippen molar-refractivity contribution in [3.63, 3.8) is 0 Å². The molecule has 1 heterocycles. The minimum atomic E-state index is 0.00861. The van der Waals surface area contributed by atoms with Gasteiger partial charge in [0.15, 0.2) is 0 Å². The third-order valence-electron chi connectivity index (χ3n) is 5.84. The van der Waals surface area contributed by atoms with Gasteiger partial charge in [0.05, 0.1) is 24.6 Å². The molecule has 0 amide bonds. The highest BCUT2D eigenvalue weighted by molar-refractivity contribution is 5.79. The lowest BCUT2D eigenvalue weighted by Crippen LogP contribution is -2.23. The van der Waals surface area contributed by atoms with E-state index in [1.54, 1.807) is 7.11 Å². The summed E-state index contributed by atoms with van der Waals surface area (Å²) in [6.45, 7) is 3.40. The van der Waals surface area contributed by atoms with Crippen molar-refractivity contribution < 1.29 is 9.47 Å². The molecule has 0 bridgehead atoms. The van der Waals surface area contributed by atoms with Crippen molar-refractivity contribution in [2.75, 3.05) is 13.7 Å². The molecule has 1 aromatic heterocycles. The molecule has 0 unspecified atom stereocenters. The zero-order valence-corrected chi connectivity index (χ0v) is 19.3. The highest BCUT2D eigenvalue weighted by Crippen LogP contribution is 2.22. The van der Waals surface area contributed by atoms with Gasteiger partial charge in [0, 0.05) is 12.1 Å². The van der Waals surface area contributed by atoms with E-state index in [-0.39, 0.29) is 5.56 Å². The Morgan fingerprint density at radius 2 is 1.58 bits per heavy atom. The Labute approximate surface area is 194 Å². The first-order valence-corrected chi connectivity index (χ1v) is 11.5. The molecule has 0 aliphatic rings. The number of ether oxygens (including phenoxy) is 2. The second-order valence-corrected chi connectivity index (χ2v) is 8.17. The number of hydrogen-bond acceptors (Lipinski definition) is 4. The summed E-state index contributed by atoms with van der Waals surface area (Å²) in [4.78, 5) is 18.1. The molecule has 0 atom stereocenters. The minimum absolute atomic E-state index is 0.00861. The van der Waals surface area contributed by atoms with Gasteiger partial charge in [-0.1, -0.05) is 43.2 Å². The van der Waals surface area contributed by atoms with E-state index in [4.69, 9.17) is 14.5 Å². The lowest BCUT2D eigenvalue weighted by atomic mass is 10.1. The van der Waals surface area contributed by atoms with Crippen molar-refractivity contribution in [1.82, 2.24) is 9.55 Å². The summed E-state index contributed by atoms with van der Waals surface area (Å²) >= 11 is 0. The Morgan fingerprint density at radius 3 is 2.36 bits per heavy atom. The Hall–Kier alpha value is -3.60. The smallest absolute Gasteiger partial charge is 0.261 e. The maximum Gasteiger partial charge on any atom is 0.261 e. The number of fused-ring (bicyclic) bond motifs is 1. The van der Waals surface area contributed by atoms with Crippen molar-refractivity contribution in [3.05, 3.63) is 88.7 Å². The van der Waals surface area contributed by atoms with Gasteiger partial charge in [-0.3, -0.25) is 9.36 Å². The number of nitrogens with zero attached hydrogens (tertiary/aromatic N) is 2. The average molecular weight is 443 g/mol. The van der Waals surface area contributed by atoms with Crippen molar-refractivity contribution in [2.45, 2.75) is 39.2 Å². The van der Waals surface area contributed by atoms with Gasteiger partial charge in [0.1, 0.15) is 17.3 Å². The fraction of sp³-hybridized carbons (Fsp3) is 0.286. The van der Waals surface area contributed by atoms with Crippen molar-refractivity contribution in [1.29, 1.82) is 0 Å². The number of hydrogen-bond donors (Lipinski definition) is 0. The molecular formula is C28H30N2O3. The Bertz CT molecular complexity index is 1260. The van der Waals surface area contributed by atoms with Crippen LogP contribution in [-0.2, 0) is 6.54 Å². The second-order valence-electron chi connectivity index (χ2n) is 8.17. The summed E-state index contributed by atoms with van der Waals surface area (Å²) in [5, 5.41) is 0.654. The first-order valence-electron chi connectivity index (χ1n) is 11.5. The van der Waals surface area contributed by atoms with Gasteiger partial charge in [0.2, 0.25) is 0 Å². The number of rotatable bonds is 10. The van der Waals surface area contributed by atoms with Gasteiger partial charge < -0.3 is 9.47 Å². The number of aryl methyl sites for hydroxylation is 1. The lowest BCUT2D eigenvalue weighted by Gasteiger charge is -2.14.